The van der Waals surface area contributed by atoms with Gasteiger partial charge in [-0.05, 0) is 55.4 Å². The van der Waals surface area contributed by atoms with E-state index in [0.717, 1.165) is 29.7 Å². The molecular formula is C15H25N3O2S. The number of piperidine rings is 1. The fraction of sp³-hybridized carbons (Fsp3) is 0.600. The maximum atomic E-state index is 13.0. The minimum Gasteiger partial charge on any atom is -0.324 e. The third-order valence-corrected chi connectivity index (χ3v) is 6.24. The third kappa shape index (κ3) is 3.22. The molecule has 1 heterocycles. The van der Waals surface area contributed by atoms with Crippen LogP contribution in [0.5, 0.6) is 0 Å². The maximum Gasteiger partial charge on any atom is 0.243 e. The number of sulfonamides is 1. The third-order valence-electron chi connectivity index (χ3n) is 4.09. The van der Waals surface area contributed by atoms with Gasteiger partial charge in [0.2, 0.25) is 10.0 Å². The predicted octanol–water partition coefficient (Wildman–Crippen LogP) is 2.40. The highest BCUT2D eigenvalue weighted by Gasteiger charge is 2.35. The topological polar surface area (TPSA) is 75.4 Å². The largest absolute Gasteiger partial charge is 0.324 e. The number of hydrazine groups is 1. The average Bonchev–Trinajstić information content (AvgIpc) is 2.36. The lowest BCUT2D eigenvalue weighted by Crippen LogP contribution is -2.43. The zero-order valence-corrected chi connectivity index (χ0v) is 14.0. The Bertz CT molecular complexity index is 615. The van der Waals surface area contributed by atoms with Crippen LogP contribution in [-0.2, 0) is 10.0 Å². The molecule has 21 heavy (non-hydrogen) atoms. The van der Waals surface area contributed by atoms with Gasteiger partial charge in [0.15, 0.2) is 0 Å². The van der Waals surface area contributed by atoms with E-state index >= 15 is 0 Å². The first-order chi connectivity index (χ1) is 9.67. The van der Waals surface area contributed by atoms with Gasteiger partial charge in [0.05, 0.1) is 4.90 Å². The van der Waals surface area contributed by atoms with E-state index in [1.807, 2.05) is 13.8 Å². The van der Waals surface area contributed by atoms with Crippen molar-refractivity contribution >= 4 is 15.7 Å². The summed E-state index contributed by atoms with van der Waals surface area (Å²) in [5.74, 6) is 5.42. The fourth-order valence-electron chi connectivity index (χ4n) is 3.14. The van der Waals surface area contributed by atoms with Crippen molar-refractivity contribution in [3.63, 3.8) is 0 Å². The Labute approximate surface area is 127 Å². The molecule has 0 aliphatic carbocycles. The molecule has 2 rings (SSSR count). The number of aryl methyl sites for hydroxylation is 2. The quantitative estimate of drug-likeness (QED) is 0.664. The van der Waals surface area contributed by atoms with Crippen LogP contribution in [0.15, 0.2) is 17.0 Å². The molecule has 118 valence electrons. The number of benzene rings is 1. The summed E-state index contributed by atoms with van der Waals surface area (Å²) in [6.45, 7) is 9.05. The van der Waals surface area contributed by atoms with Crippen molar-refractivity contribution in [3.05, 3.63) is 23.3 Å². The molecule has 3 N–H and O–H groups in total. The molecule has 1 saturated heterocycles. The van der Waals surface area contributed by atoms with Crippen molar-refractivity contribution in [2.45, 2.75) is 45.4 Å². The molecular weight excluding hydrogens is 286 g/mol. The SMILES string of the molecule is Cc1cc(NN)cc(C)c1S(=O)(=O)N1CCCC(C)(C)C1. The highest BCUT2D eigenvalue weighted by Crippen LogP contribution is 2.34. The monoisotopic (exact) mass is 311 g/mol. The van der Waals surface area contributed by atoms with Gasteiger partial charge in [0, 0.05) is 18.8 Å². The van der Waals surface area contributed by atoms with E-state index in [1.165, 1.54) is 0 Å². The van der Waals surface area contributed by atoms with Gasteiger partial charge in [0.25, 0.3) is 0 Å². The Morgan fingerprint density at radius 1 is 1.24 bits per heavy atom. The van der Waals surface area contributed by atoms with Gasteiger partial charge >= 0.3 is 0 Å². The molecule has 0 unspecified atom stereocenters. The van der Waals surface area contributed by atoms with Crippen LogP contribution in [0.3, 0.4) is 0 Å². The highest BCUT2D eigenvalue weighted by atomic mass is 32.2. The summed E-state index contributed by atoms with van der Waals surface area (Å²) >= 11 is 0. The molecule has 1 aliphatic heterocycles. The summed E-state index contributed by atoms with van der Waals surface area (Å²) in [5, 5.41) is 0. The highest BCUT2D eigenvalue weighted by molar-refractivity contribution is 7.89. The molecule has 0 radical (unpaired) electrons. The van der Waals surface area contributed by atoms with Crippen LogP contribution < -0.4 is 11.3 Å². The number of nitrogen functional groups attached to an aromatic ring is 1. The fourth-order valence-corrected chi connectivity index (χ4v) is 5.22. The Hall–Kier alpha value is -1.11. The van der Waals surface area contributed by atoms with E-state index in [1.54, 1.807) is 16.4 Å². The molecule has 1 aromatic carbocycles. The summed E-state index contributed by atoms with van der Waals surface area (Å²) in [4.78, 5) is 0.416. The zero-order chi connectivity index (χ0) is 15.8. The summed E-state index contributed by atoms with van der Waals surface area (Å²) in [5.41, 5.74) is 4.79. The van der Waals surface area contributed by atoms with Crippen LogP contribution in [0.25, 0.3) is 0 Å². The van der Waals surface area contributed by atoms with Crippen LogP contribution >= 0.6 is 0 Å². The first-order valence-electron chi connectivity index (χ1n) is 7.25. The number of rotatable bonds is 3. The van der Waals surface area contributed by atoms with Gasteiger partial charge in [-0.25, -0.2) is 8.42 Å². The Kier molecular flexibility index (Phi) is 4.33. The van der Waals surface area contributed by atoms with Crippen molar-refractivity contribution in [2.75, 3.05) is 18.5 Å². The lowest BCUT2D eigenvalue weighted by atomic mass is 9.85. The molecule has 0 saturated carbocycles. The molecule has 0 amide bonds. The number of hydrogen-bond donors (Lipinski definition) is 2. The van der Waals surface area contributed by atoms with Crippen molar-refractivity contribution in [1.29, 1.82) is 0 Å². The van der Waals surface area contributed by atoms with Gasteiger partial charge in [-0.1, -0.05) is 13.8 Å². The molecule has 0 atom stereocenters. The first-order valence-corrected chi connectivity index (χ1v) is 8.69. The van der Waals surface area contributed by atoms with Gasteiger partial charge in [-0.3, -0.25) is 5.84 Å². The summed E-state index contributed by atoms with van der Waals surface area (Å²) in [6.07, 6.45) is 1.97. The molecule has 1 aromatic rings. The van der Waals surface area contributed by atoms with Crippen LogP contribution in [-0.4, -0.2) is 25.8 Å². The minimum atomic E-state index is -3.45. The number of hydrogen-bond acceptors (Lipinski definition) is 4. The van der Waals surface area contributed by atoms with Crippen molar-refractivity contribution < 1.29 is 8.42 Å². The molecule has 0 bridgehead atoms. The minimum absolute atomic E-state index is 0.0336. The number of anilines is 1. The first kappa shape index (κ1) is 16.3. The van der Waals surface area contributed by atoms with E-state index in [0.29, 0.717) is 18.0 Å². The number of nitrogens with one attached hydrogen (secondary N) is 1. The summed E-state index contributed by atoms with van der Waals surface area (Å²) in [6, 6.07) is 3.55. The summed E-state index contributed by atoms with van der Waals surface area (Å²) < 4.78 is 27.6. The number of nitrogens with two attached hydrogens (primary N) is 1. The van der Waals surface area contributed by atoms with Crippen LogP contribution in [0.1, 0.15) is 37.8 Å². The van der Waals surface area contributed by atoms with Crippen molar-refractivity contribution in [1.82, 2.24) is 4.31 Å². The predicted molar refractivity (Wildman–Crippen MR) is 85.5 cm³/mol. The standard InChI is InChI=1S/C15H25N3O2S/c1-11-8-13(17-16)9-12(2)14(11)21(19,20)18-7-5-6-15(3,4)10-18/h8-9,17H,5-7,10,16H2,1-4H3. The normalized spacial score (nSPS) is 19.5. The smallest absolute Gasteiger partial charge is 0.243 e. The Morgan fingerprint density at radius 2 is 1.81 bits per heavy atom. The summed E-state index contributed by atoms with van der Waals surface area (Å²) in [7, 11) is -3.45. The van der Waals surface area contributed by atoms with Gasteiger partial charge in [-0.15, -0.1) is 0 Å². The second-order valence-corrected chi connectivity index (χ2v) is 8.56. The van der Waals surface area contributed by atoms with E-state index in [9.17, 15) is 8.42 Å². The van der Waals surface area contributed by atoms with E-state index < -0.39 is 10.0 Å². The molecule has 5 nitrogen and oxygen atoms in total. The second kappa shape index (κ2) is 5.59. The molecule has 1 aliphatic rings. The van der Waals surface area contributed by atoms with Gasteiger partial charge in [-0.2, -0.15) is 4.31 Å². The number of nitrogens with zero attached hydrogens (tertiary/aromatic N) is 1. The average molecular weight is 311 g/mol. The molecule has 6 heteroatoms. The van der Waals surface area contributed by atoms with Gasteiger partial charge < -0.3 is 5.43 Å². The van der Waals surface area contributed by atoms with Crippen molar-refractivity contribution in [3.8, 4) is 0 Å². The van der Waals surface area contributed by atoms with Crippen molar-refractivity contribution in [2.24, 2.45) is 11.3 Å². The molecule has 0 aromatic heterocycles. The Balaban J connectivity index is 2.45. The van der Waals surface area contributed by atoms with E-state index in [-0.39, 0.29) is 5.41 Å². The van der Waals surface area contributed by atoms with Crippen LogP contribution in [0.2, 0.25) is 0 Å². The second-order valence-electron chi connectivity index (χ2n) is 6.69. The lowest BCUT2D eigenvalue weighted by molar-refractivity contribution is 0.187. The lowest BCUT2D eigenvalue weighted by Gasteiger charge is -2.37. The zero-order valence-electron chi connectivity index (χ0n) is 13.2. The van der Waals surface area contributed by atoms with Crippen LogP contribution in [0, 0.1) is 19.3 Å². The van der Waals surface area contributed by atoms with Gasteiger partial charge in [0.1, 0.15) is 0 Å². The van der Waals surface area contributed by atoms with E-state index in [4.69, 9.17) is 5.84 Å². The van der Waals surface area contributed by atoms with Crippen LogP contribution in [0.4, 0.5) is 5.69 Å². The Morgan fingerprint density at radius 3 is 2.29 bits per heavy atom. The molecule has 0 spiro atoms. The molecule has 1 fully saturated rings. The maximum absolute atomic E-state index is 13.0. The van der Waals surface area contributed by atoms with E-state index in [2.05, 4.69) is 19.3 Å².